The molecule has 0 amide bonds. The molecule has 0 aliphatic heterocycles. The fourth-order valence-corrected chi connectivity index (χ4v) is 3.10. The Morgan fingerprint density at radius 2 is 1.80 bits per heavy atom. The van der Waals surface area contributed by atoms with Crippen LogP contribution in [0.5, 0.6) is 0 Å². The van der Waals surface area contributed by atoms with Crippen molar-refractivity contribution >= 4 is 5.97 Å². The van der Waals surface area contributed by atoms with Crippen molar-refractivity contribution in [1.82, 2.24) is 0 Å². The molecule has 0 spiro atoms. The molecule has 4 unspecified atom stereocenters. The van der Waals surface area contributed by atoms with Gasteiger partial charge in [-0.25, -0.2) is 0 Å². The van der Waals surface area contributed by atoms with Gasteiger partial charge in [0.25, 0.3) is 0 Å². The summed E-state index contributed by atoms with van der Waals surface area (Å²) in [6.45, 7) is 10.0. The number of rotatable bonds is 6. The first-order valence-electron chi connectivity index (χ1n) is 9.36. The van der Waals surface area contributed by atoms with Crippen LogP contribution in [0.25, 0.3) is 0 Å². The summed E-state index contributed by atoms with van der Waals surface area (Å²) >= 11 is 0. The number of hydrogen-bond donors (Lipinski definition) is 0. The van der Waals surface area contributed by atoms with Gasteiger partial charge in [-0.05, 0) is 51.5 Å². The molecule has 0 fully saturated rings. The Balaban J connectivity index is 2.05. The zero-order chi connectivity index (χ0) is 18.4. The van der Waals surface area contributed by atoms with Gasteiger partial charge in [0, 0.05) is 5.92 Å². The van der Waals surface area contributed by atoms with Gasteiger partial charge in [0.15, 0.2) is 0 Å². The number of carbonyl (C=O) groups excluding carboxylic acids is 1. The van der Waals surface area contributed by atoms with Gasteiger partial charge in [-0.3, -0.25) is 4.79 Å². The summed E-state index contributed by atoms with van der Waals surface area (Å²) in [7, 11) is 0. The Kier molecular flexibility index (Phi) is 6.83. The number of esters is 1. The smallest absolute Gasteiger partial charge is 0.311 e. The summed E-state index contributed by atoms with van der Waals surface area (Å²) in [4.78, 5) is 12.8. The van der Waals surface area contributed by atoms with Crippen molar-refractivity contribution in [3.63, 3.8) is 0 Å². The van der Waals surface area contributed by atoms with Crippen LogP contribution in [-0.4, -0.2) is 17.9 Å². The van der Waals surface area contributed by atoms with Gasteiger partial charge in [-0.2, -0.15) is 0 Å². The van der Waals surface area contributed by atoms with E-state index in [1.54, 1.807) is 0 Å². The summed E-state index contributed by atoms with van der Waals surface area (Å²) in [6.07, 6.45) is 6.78. The third-order valence-corrected chi connectivity index (χ3v) is 4.84. The Morgan fingerprint density at radius 3 is 2.36 bits per heavy atom. The van der Waals surface area contributed by atoms with E-state index in [1.165, 1.54) is 0 Å². The van der Waals surface area contributed by atoms with Crippen molar-refractivity contribution in [2.75, 3.05) is 0 Å². The van der Waals surface area contributed by atoms with Gasteiger partial charge >= 0.3 is 5.97 Å². The quantitative estimate of drug-likeness (QED) is 0.390. The third-order valence-electron chi connectivity index (χ3n) is 4.84. The molecule has 2 rings (SSSR count). The molecule has 1 aromatic carbocycles. The average molecular weight is 344 g/mol. The molecule has 3 heteroatoms. The molecular weight excluding hydrogens is 312 g/mol. The number of benzene rings is 1. The van der Waals surface area contributed by atoms with E-state index < -0.39 is 6.29 Å². The van der Waals surface area contributed by atoms with Crippen molar-refractivity contribution in [2.45, 2.75) is 71.7 Å². The van der Waals surface area contributed by atoms with E-state index in [-0.39, 0.29) is 29.3 Å². The summed E-state index contributed by atoms with van der Waals surface area (Å²) in [6, 6.07) is 10.1. The second-order valence-electron chi connectivity index (χ2n) is 8.07. The lowest BCUT2D eigenvalue weighted by Gasteiger charge is -2.34. The van der Waals surface area contributed by atoms with E-state index in [1.807, 2.05) is 45.9 Å². The predicted molar refractivity (Wildman–Crippen MR) is 101 cm³/mol. The minimum Gasteiger partial charge on any atom is -0.435 e. The average Bonchev–Trinajstić information content (AvgIpc) is 2.60. The van der Waals surface area contributed by atoms with E-state index in [0.717, 1.165) is 24.8 Å². The lowest BCUT2D eigenvalue weighted by Crippen LogP contribution is -2.38. The standard InChI is InChI=1S/C22H32O3/c1-16(18-12-8-6-9-13-18)17(2)20(23)24-21(25-22(3,4)5)19-14-10-7-11-15-19/h6-10,12-13,16-17,19,21H,11,14-15H2,1-5H3. The summed E-state index contributed by atoms with van der Waals surface area (Å²) in [5, 5.41) is 0. The van der Waals surface area contributed by atoms with Gasteiger partial charge < -0.3 is 9.47 Å². The Labute approximate surface area is 152 Å². The van der Waals surface area contributed by atoms with E-state index in [2.05, 4.69) is 31.2 Å². The highest BCUT2D eigenvalue weighted by atomic mass is 16.7. The molecule has 0 N–H and O–H groups in total. The molecular formula is C22H32O3. The predicted octanol–water partition coefficient (Wildman–Crippen LogP) is 5.47. The molecule has 0 bridgehead atoms. The Bertz CT molecular complexity index is 571. The first kappa shape index (κ1) is 19.7. The molecule has 0 heterocycles. The minimum atomic E-state index is -0.483. The zero-order valence-corrected chi connectivity index (χ0v) is 16.2. The van der Waals surface area contributed by atoms with Crippen LogP contribution >= 0.6 is 0 Å². The molecule has 1 aliphatic rings. The van der Waals surface area contributed by atoms with E-state index in [4.69, 9.17) is 9.47 Å². The van der Waals surface area contributed by atoms with Crippen molar-refractivity contribution in [1.29, 1.82) is 0 Å². The molecule has 138 valence electrons. The summed E-state index contributed by atoms with van der Waals surface area (Å²) in [5.74, 6) is -0.0598. The molecule has 4 atom stereocenters. The van der Waals surface area contributed by atoms with E-state index >= 15 is 0 Å². The second-order valence-corrected chi connectivity index (χ2v) is 8.07. The minimum absolute atomic E-state index is 0.107. The fourth-order valence-electron chi connectivity index (χ4n) is 3.10. The molecule has 1 aromatic rings. The Morgan fingerprint density at radius 1 is 1.12 bits per heavy atom. The van der Waals surface area contributed by atoms with Crippen LogP contribution in [0.4, 0.5) is 0 Å². The van der Waals surface area contributed by atoms with Crippen LogP contribution in [0.2, 0.25) is 0 Å². The first-order valence-corrected chi connectivity index (χ1v) is 9.36. The Hall–Kier alpha value is -1.61. The first-order chi connectivity index (χ1) is 11.8. The van der Waals surface area contributed by atoms with Gasteiger partial charge in [0.05, 0.1) is 11.5 Å². The van der Waals surface area contributed by atoms with Crippen LogP contribution in [-0.2, 0) is 14.3 Å². The van der Waals surface area contributed by atoms with Crippen LogP contribution < -0.4 is 0 Å². The topological polar surface area (TPSA) is 35.5 Å². The molecule has 0 aromatic heterocycles. The molecule has 25 heavy (non-hydrogen) atoms. The molecule has 0 saturated heterocycles. The van der Waals surface area contributed by atoms with E-state index in [9.17, 15) is 4.79 Å². The highest BCUT2D eigenvalue weighted by Crippen LogP contribution is 2.30. The van der Waals surface area contributed by atoms with Crippen molar-refractivity contribution < 1.29 is 14.3 Å². The van der Waals surface area contributed by atoms with Gasteiger partial charge in [-0.1, -0.05) is 56.3 Å². The highest BCUT2D eigenvalue weighted by Gasteiger charge is 2.33. The third kappa shape index (κ3) is 6.00. The molecule has 0 radical (unpaired) electrons. The van der Waals surface area contributed by atoms with Gasteiger partial charge in [0.2, 0.25) is 6.29 Å². The lowest BCUT2D eigenvalue weighted by molar-refractivity contribution is -0.223. The maximum atomic E-state index is 12.8. The summed E-state index contributed by atoms with van der Waals surface area (Å²) < 4.78 is 12.0. The lowest BCUT2D eigenvalue weighted by atomic mass is 9.89. The SMILES string of the molecule is CC(C(=O)OC(OC(C)(C)C)C1CC=CCC1)C(C)c1ccccc1. The highest BCUT2D eigenvalue weighted by molar-refractivity contribution is 5.73. The molecule has 0 saturated carbocycles. The second kappa shape index (κ2) is 8.66. The monoisotopic (exact) mass is 344 g/mol. The van der Waals surface area contributed by atoms with E-state index in [0.29, 0.717) is 0 Å². The largest absolute Gasteiger partial charge is 0.435 e. The molecule has 1 aliphatic carbocycles. The van der Waals surface area contributed by atoms with Crippen molar-refractivity contribution in [3.8, 4) is 0 Å². The van der Waals surface area contributed by atoms with Crippen molar-refractivity contribution in [3.05, 3.63) is 48.0 Å². The fraction of sp³-hybridized carbons (Fsp3) is 0.591. The maximum Gasteiger partial charge on any atom is 0.311 e. The van der Waals surface area contributed by atoms with Crippen LogP contribution in [0.3, 0.4) is 0 Å². The normalized spacial score (nSPS) is 21.4. The van der Waals surface area contributed by atoms with Gasteiger partial charge in [0.1, 0.15) is 0 Å². The zero-order valence-electron chi connectivity index (χ0n) is 16.2. The number of carbonyl (C=O) groups is 1. The number of ether oxygens (including phenoxy) is 2. The van der Waals surface area contributed by atoms with Crippen LogP contribution in [0, 0.1) is 11.8 Å². The maximum absolute atomic E-state index is 12.8. The number of allylic oxidation sites excluding steroid dienone is 2. The van der Waals surface area contributed by atoms with Crippen molar-refractivity contribution in [2.24, 2.45) is 11.8 Å². The molecule has 3 nitrogen and oxygen atoms in total. The van der Waals surface area contributed by atoms with Crippen LogP contribution in [0.1, 0.15) is 65.4 Å². The number of hydrogen-bond acceptors (Lipinski definition) is 3. The van der Waals surface area contributed by atoms with Gasteiger partial charge in [-0.15, -0.1) is 0 Å². The summed E-state index contributed by atoms with van der Waals surface area (Å²) in [5.41, 5.74) is 0.807. The van der Waals surface area contributed by atoms with Crippen LogP contribution in [0.15, 0.2) is 42.5 Å².